The number of rotatable bonds is 6. The molecule has 2 aromatic heterocycles. The Morgan fingerprint density at radius 3 is 2.62 bits per heavy atom. The monoisotopic (exact) mass is 403 g/mol. The standard InChI is InChI=1S/C19H19F2N5O3/c1-10-13(11(2)26-19(24-10)22-9-23-26)7-8-16(27)29-12(3)18(28)25-17-14(20)5-4-6-15(17)21/h4-6,9,12H,7-8H2,1-3H3,(H,25,28)/t12-/m1/s1. The smallest absolute Gasteiger partial charge is 0.306 e. The lowest BCUT2D eigenvalue weighted by Crippen LogP contribution is -2.30. The molecule has 1 atom stereocenters. The molecule has 1 aromatic carbocycles. The van der Waals surface area contributed by atoms with E-state index in [4.69, 9.17) is 4.74 Å². The van der Waals surface area contributed by atoms with Crippen LogP contribution in [0.15, 0.2) is 24.5 Å². The summed E-state index contributed by atoms with van der Waals surface area (Å²) in [6.07, 6.45) is 0.496. The van der Waals surface area contributed by atoms with Gasteiger partial charge < -0.3 is 10.1 Å². The molecule has 1 amide bonds. The number of nitrogens with one attached hydrogen (secondary N) is 1. The summed E-state index contributed by atoms with van der Waals surface area (Å²) in [5, 5.41) is 6.18. The molecule has 0 saturated heterocycles. The summed E-state index contributed by atoms with van der Waals surface area (Å²) in [7, 11) is 0. The van der Waals surface area contributed by atoms with E-state index in [1.165, 1.54) is 19.3 Å². The Balaban J connectivity index is 1.60. The van der Waals surface area contributed by atoms with Gasteiger partial charge in [-0.1, -0.05) is 6.07 Å². The predicted octanol–water partition coefficient (Wildman–Crippen LogP) is 2.52. The second-order valence-corrected chi connectivity index (χ2v) is 6.45. The van der Waals surface area contributed by atoms with Crippen molar-refractivity contribution in [3.8, 4) is 0 Å². The third kappa shape index (κ3) is 4.36. The van der Waals surface area contributed by atoms with Crippen molar-refractivity contribution in [3.63, 3.8) is 0 Å². The van der Waals surface area contributed by atoms with E-state index in [1.807, 2.05) is 6.92 Å². The number of amides is 1. The Labute approximate surface area is 164 Å². The van der Waals surface area contributed by atoms with Crippen LogP contribution in [-0.2, 0) is 20.7 Å². The Morgan fingerprint density at radius 1 is 1.24 bits per heavy atom. The molecule has 10 heteroatoms. The predicted molar refractivity (Wildman–Crippen MR) is 99.1 cm³/mol. The van der Waals surface area contributed by atoms with Gasteiger partial charge in [0.25, 0.3) is 11.7 Å². The second kappa shape index (κ2) is 8.29. The number of nitrogens with zero attached hydrogens (tertiary/aromatic N) is 4. The number of aromatic nitrogens is 4. The lowest BCUT2D eigenvalue weighted by Gasteiger charge is -2.15. The molecule has 152 valence electrons. The highest BCUT2D eigenvalue weighted by Crippen LogP contribution is 2.19. The summed E-state index contributed by atoms with van der Waals surface area (Å²) < 4.78 is 33.9. The molecule has 3 aromatic rings. The zero-order valence-corrected chi connectivity index (χ0v) is 16.1. The first-order chi connectivity index (χ1) is 13.8. The van der Waals surface area contributed by atoms with E-state index in [1.54, 1.807) is 11.4 Å². The van der Waals surface area contributed by atoms with E-state index < -0.39 is 35.3 Å². The van der Waals surface area contributed by atoms with Gasteiger partial charge in [-0.25, -0.2) is 18.3 Å². The molecule has 0 aliphatic heterocycles. The molecule has 0 unspecified atom stereocenters. The summed E-state index contributed by atoms with van der Waals surface area (Å²) in [6.45, 7) is 4.98. The maximum Gasteiger partial charge on any atom is 0.306 e. The number of hydrogen-bond donors (Lipinski definition) is 1. The topological polar surface area (TPSA) is 98.5 Å². The summed E-state index contributed by atoms with van der Waals surface area (Å²) in [4.78, 5) is 32.6. The van der Waals surface area contributed by atoms with Crippen molar-refractivity contribution in [2.24, 2.45) is 0 Å². The number of carbonyl (C=O) groups is 2. The molecule has 8 nitrogen and oxygen atoms in total. The van der Waals surface area contributed by atoms with Crippen LogP contribution < -0.4 is 5.32 Å². The number of ether oxygens (including phenoxy) is 1. The molecule has 3 rings (SSSR count). The molecule has 0 radical (unpaired) electrons. The number of aryl methyl sites for hydroxylation is 2. The Bertz CT molecular complexity index is 1060. The maximum absolute atomic E-state index is 13.6. The summed E-state index contributed by atoms with van der Waals surface area (Å²) >= 11 is 0. The van der Waals surface area contributed by atoms with Gasteiger partial charge in [-0.2, -0.15) is 10.1 Å². The van der Waals surface area contributed by atoms with Gasteiger partial charge in [-0.3, -0.25) is 9.59 Å². The summed E-state index contributed by atoms with van der Waals surface area (Å²) in [5.41, 5.74) is 1.76. The number of benzene rings is 1. The molecule has 0 bridgehead atoms. The van der Waals surface area contributed by atoms with Crippen molar-refractivity contribution in [1.82, 2.24) is 19.6 Å². The summed E-state index contributed by atoms with van der Waals surface area (Å²) in [5.74, 6) is -2.82. The molecule has 0 aliphatic rings. The van der Waals surface area contributed by atoms with Crippen LogP contribution in [0.5, 0.6) is 0 Å². The van der Waals surface area contributed by atoms with Gasteiger partial charge in [-0.15, -0.1) is 0 Å². The third-order valence-corrected chi connectivity index (χ3v) is 4.46. The average molecular weight is 403 g/mol. The number of hydrogen-bond acceptors (Lipinski definition) is 6. The lowest BCUT2D eigenvalue weighted by atomic mass is 10.1. The second-order valence-electron chi connectivity index (χ2n) is 6.45. The fourth-order valence-electron chi connectivity index (χ4n) is 2.90. The highest BCUT2D eigenvalue weighted by Gasteiger charge is 2.21. The highest BCUT2D eigenvalue weighted by molar-refractivity contribution is 5.95. The van der Waals surface area contributed by atoms with Crippen molar-refractivity contribution in [3.05, 3.63) is 53.1 Å². The summed E-state index contributed by atoms with van der Waals surface area (Å²) in [6, 6.07) is 3.21. The zero-order valence-electron chi connectivity index (χ0n) is 16.1. The Kier molecular flexibility index (Phi) is 5.81. The van der Waals surface area contributed by atoms with Gasteiger partial charge in [0.2, 0.25) is 0 Å². The van der Waals surface area contributed by atoms with Crippen LogP contribution in [-0.4, -0.2) is 37.6 Å². The molecular weight excluding hydrogens is 384 g/mol. The van der Waals surface area contributed by atoms with Crippen LogP contribution in [0.25, 0.3) is 5.78 Å². The highest BCUT2D eigenvalue weighted by atomic mass is 19.1. The normalized spacial score (nSPS) is 12.0. The molecule has 29 heavy (non-hydrogen) atoms. The van der Waals surface area contributed by atoms with Gasteiger partial charge in [0.05, 0.1) is 0 Å². The number of halogens is 2. The van der Waals surface area contributed by atoms with Gasteiger partial charge in [0.1, 0.15) is 23.6 Å². The van der Waals surface area contributed by atoms with E-state index >= 15 is 0 Å². The van der Waals surface area contributed by atoms with Crippen LogP contribution in [0.2, 0.25) is 0 Å². The van der Waals surface area contributed by atoms with Gasteiger partial charge in [-0.05, 0) is 44.9 Å². The molecule has 2 heterocycles. The quantitative estimate of drug-likeness (QED) is 0.635. The molecule has 0 fully saturated rings. The van der Waals surface area contributed by atoms with Crippen LogP contribution >= 0.6 is 0 Å². The fraction of sp³-hybridized carbons (Fsp3) is 0.316. The largest absolute Gasteiger partial charge is 0.453 e. The van der Waals surface area contributed by atoms with Crippen LogP contribution in [0, 0.1) is 25.5 Å². The Morgan fingerprint density at radius 2 is 1.93 bits per heavy atom. The Hall–Kier alpha value is -3.43. The molecule has 0 aliphatic carbocycles. The third-order valence-electron chi connectivity index (χ3n) is 4.46. The average Bonchev–Trinajstić information content (AvgIpc) is 3.13. The van der Waals surface area contributed by atoms with Gasteiger partial charge in [0.15, 0.2) is 6.10 Å². The first kappa shape index (κ1) is 20.3. The first-order valence-electron chi connectivity index (χ1n) is 8.88. The van der Waals surface area contributed by atoms with E-state index in [-0.39, 0.29) is 6.42 Å². The van der Waals surface area contributed by atoms with Gasteiger partial charge in [0, 0.05) is 17.8 Å². The number of carbonyl (C=O) groups excluding carboxylic acids is 2. The number of para-hydroxylation sites is 1. The molecule has 0 saturated carbocycles. The SMILES string of the molecule is Cc1nc2ncnn2c(C)c1CCC(=O)O[C@H](C)C(=O)Nc1c(F)cccc1F. The van der Waals surface area contributed by atoms with Gasteiger partial charge >= 0.3 is 5.97 Å². The minimum Gasteiger partial charge on any atom is -0.453 e. The fourth-order valence-corrected chi connectivity index (χ4v) is 2.90. The minimum absolute atomic E-state index is 0.00472. The van der Waals surface area contributed by atoms with Crippen molar-refractivity contribution in [2.45, 2.75) is 39.7 Å². The number of anilines is 1. The minimum atomic E-state index is -1.22. The number of esters is 1. The zero-order chi connectivity index (χ0) is 21.1. The first-order valence-corrected chi connectivity index (χ1v) is 8.88. The molecule has 1 N–H and O–H groups in total. The van der Waals surface area contributed by atoms with Crippen molar-refractivity contribution >= 4 is 23.3 Å². The maximum atomic E-state index is 13.6. The number of fused-ring (bicyclic) bond motifs is 1. The van der Waals surface area contributed by atoms with Crippen LogP contribution in [0.4, 0.5) is 14.5 Å². The van der Waals surface area contributed by atoms with E-state index in [2.05, 4.69) is 20.4 Å². The van der Waals surface area contributed by atoms with Crippen molar-refractivity contribution < 1.29 is 23.1 Å². The van der Waals surface area contributed by atoms with E-state index in [0.29, 0.717) is 12.2 Å². The molecule has 0 spiro atoms. The molecular formula is C19H19F2N5O3. The van der Waals surface area contributed by atoms with Crippen LogP contribution in [0.3, 0.4) is 0 Å². The lowest BCUT2D eigenvalue weighted by molar-refractivity contribution is -0.153. The van der Waals surface area contributed by atoms with E-state index in [0.717, 1.165) is 29.1 Å². The van der Waals surface area contributed by atoms with E-state index in [9.17, 15) is 18.4 Å². The van der Waals surface area contributed by atoms with Crippen molar-refractivity contribution in [1.29, 1.82) is 0 Å². The van der Waals surface area contributed by atoms with Crippen LogP contribution in [0.1, 0.15) is 30.3 Å². The van der Waals surface area contributed by atoms with Crippen molar-refractivity contribution in [2.75, 3.05) is 5.32 Å².